The summed E-state index contributed by atoms with van der Waals surface area (Å²) in [6, 6.07) is 10.6. The van der Waals surface area contributed by atoms with Crippen LogP contribution in [0.3, 0.4) is 0 Å². The van der Waals surface area contributed by atoms with Gasteiger partial charge in [0.1, 0.15) is 17.5 Å². The second kappa shape index (κ2) is 7.88. The van der Waals surface area contributed by atoms with Crippen molar-refractivity contribution in [3.63, 3.8) is 0 Å². The van der Waals surface area contributed by atoms with Gasteiger partial charge in [-0.05, 0) is 31.7 Å². The molecule has 2 aromatic heterocycles. The quantitative estimate of drug-likeness (QED) is 0.633. The molecule has 0 bridgehead atoms. The lowest BCUT2D eigenvalue weighted by Gasteiger charge is -2.20. The molecule has 0 spiro atoms. The number of aromatic nitrogens is 3. The molecule has 1 atom stereocenters. The summed E-state index contributed by atoms with van der Waals surface area (Å²) < 4.78 is 10.4. The van der Waals surface area contributed by atoms with Crippen LogP contribution in [0.1, 0.15) is 36.6 Å². The lowest BCUT2D eigenvalue weighted by molar-refractivity contribution is 0.191. The number of hydrogen-bond acceptors (Lipinski definition) is 6. The smallest absolute Gasteiger partial charge is 0.263 e. The SMILES string of the molecule is COCCCCC(Nc1ncnc2onc(C)c12)c1ccccc1. The van der Waals surface area contributed by atoms with Gasteiger partial charge in [0, 0.05) is 13.7 Å². The minimum Gasteiger partial charge on any atom is -0.385 e. The highest BCUT2D eigenvalue weighted by molar-refractivity contribution is 5.87. The highest BCUT2D eigenvalue weighted by Crippen LogP contribution is 2.28. The molecule has 0 saturated carbocycles. The molecule has 1 aromatic carbocycles. The van der Waals surface area contributed by atoms with Crippen LogP contribution in [0.2, 0.25) is 0 Å². The van der Waals surface area contributed by atoms with E-state index in [1.54, 1.807) is 7.11 Å². The molecule has 6 heteroatoms. The lowest BCUT2D eigenvalue weighted by atomic mass is 10.0. The maximum absolute atomic E-state index is 5.23. The van der Waals surface area contributed by atoms with Crippen LogP contribution < -0.4 is 5.32 Å². The fraction of sp³-hybridized carbons (Fsp3) is 0.389. The van der Waals surface area contributed by atoms with Crippen molar-refractivity contribution in [2.45, 2.75) is 32.2 Å². The molecule has 126 valence electrons. The van der Waals surface area contributed by atoms with Gasteiger partial charge in [-0.1, -0.05) is 35.5 Å². The van der Waals surface area contributed by atoms with Crippen LogP contribution in [0.5, 0.6) is 0 Å². The van der Waals surface area contributed by atoms with E-state index in [-0.39, 0.29) is 6.04 Å². The number of ether oxygens (including phenoxy) is 1. The van der Waals surface area contributed by atoms with Crippen molar-refractivity contribution in [2.75, 3.05) is 19.0 Å². The number of hydrogen-bond donors (Lipinski definition) is 1. The second-order valence-electron chi connectivity index (χ2n) is 5.77. The van der Waals surface area contributed by atoms with Gasteiger partial charge in [0.05, 0.1) is 11.7 Å². The number of unbranched alkanes of at least 4 members (excludes halogenated alkanes) is 1. The molecule has 3 rings (SSSR count). The van der Waals surface area contributed by atoms with E-state index >= 15 is 0 Å². The Morgan fingerprint density at radius 3 is 2.79 bits per heavy atom. The van der Waals surface area contributed by atoms with Gasteiger partial charge in [-0.3, -0.25) is 0 Å². The van der Waals surface area contributed by atoms with Gasteiger partial charge in [0.2, 0.25) is 0 Å². The average Bonchev–Trinajstić information content (AvgIpc) is 3.00. The van der Waals surface area contributed by atoms with Gasteiger partial charge in [-0.25, -0.2) is 4.98 Å². The van der Waals surface area contributed by atoms with Crippen LogP contribution in [0.4, 0.5) is 5.82 Å². The van der Waals surface area contributed by atoms with Crippen molar-refractivity contribution < 1.29 is 9.26 Å². The molecule has 0 aliphatic rings. The Kier molecular flexibility index (Phi) is 5.38. The van der Waals surface area contributed by atoms with E-state index in [1.165, 1.54) is 11.9 Å². The lowest BCUT2D eigenvalue weighted by Crippen LogP contribution is -2.12. The maximum Gasteiger partial charge on any atom is 0.263 e. The van der Waals surface area contributed by atoms with Gasteiger partial charge in [0.15, 0.2) is 0 Å². The van der Waals surface area contributed by atoms with E-state index < -0.39 is 0 Å². The molecule has 24 heavy (non-hydrogen) atoms. The van der Waals surface area contributed by atoms with E-state index in [0.29, 0.717) is 5.71 Å². The van der Waals surface area contributed by atoms with Crippen molar-refractivity contribution in [3.8, 4) is 0 Å². The number of nitrogens with one attached hydrogen (secondary N) is 1. The molecule has 0 saturated heterocycles. The van der Waals surface area contributed by atoms with Gasteiger partial charge in [-0.2, -0.15) is 4.98 Å². The third-order valence-electron chi connectivity index (χ3n) is 4.05. The third kappa shape index (κ3) is 3.71. The molecule has 0 aliphatic heterocycles. The van der Waals surface area contributed by atoms with Crippen molar-refractivity contribution >= 4 is 16.9 Å². The standard InChI is InChI=1S/C18H22N4O2/c1-13-16-17(19-12-20-18(16)24-22-13)21-15(10-6-7-11-23-2)14-8-4-3-5-9-14/h3-5,8-9,12,15H,6-7,10-11H2,1-2H3,(H,19,20,21). The van der Waals surface area contributed by atoms with E-state index in [4.69, 9.17) is 9.26 Å². The van der Waals surface area contributed by atoms with Gasteiger partial charge in [0.25, 0.3) is 5.71 Å². The minimum absolute atomic E-state index is 0.162. The summed E-state index contributed by atoms with van der Waals surface area (Å²) >= 11 is 0. The summed E-state index contributed by atoms with van der Waals surface area (Å²) in [5.41, 5.74) is 2.53. The Labute approximate surface area is 141 Å². The van der Waals surface area contributed by atoms with Crippen LogP contribution >= 0.6 is 0 Å². The van der Waals surface area contributed by atoms with Crippen LogP contribution in [-0.4, -0.2) is 28.8 Å². The maximum atomic E-state index is 5.23. The van der Waals surface area contributed by atoms with Crippen LogP contribution in [0.15, 0.2) is 41.2 Å². The zero-order valence-corrected chi connectivity index (χ0v) is 14.0. The summed E-state index contributed by atoms with van der Waals surface area (Å²) in [6.07, 6.45) is 4.59. The monoisotopic (exact) mass is 326 g/mol. The predicted molar refractivity (Wildman–Crippen MR) is 92.9 cm³/mol. The summed E-state index contributed by atoms with van der Waals surface area (Å²) in [5.74, 6) is 0.763. The van der Waals surface area contributed by atoms with Gasteiger partial charge < -0.3 is 14.6 Å². The summed E-state index contributed by atoms with van der Waals surface area (Å²) in [6.45, 7) is 2.68. The Balaban J connectivity index is 1.83. The molecule has 2 heterocycles. The Bertz CT molecular complexity index is 773. The van der Waals surface area contributed by atoms with Crippen LogP contribution in [-0.2, 0) is 4.74 Å². The first-order chi connectivity index (χ1) is 11.8. The molecule has 1 N–H and O–H groups in total. The molecular weight excluding hydrogens is 304 g/mol. The number of rotatable bonds is 8. The highest BCUT2D eigenvalue weighted by Gasteiger charge is 2.17. The number of benzene rings is 1. The minimum atomic E-state index is 0.162. The van der Waals surface area contributed by atoms with E-state index in [2.05, 4.69) is 44.7 Å². The van der Waals surface area contributed by atoms with Crippen molar-refractivity contribution in [1.82, 2.24) is 15.1 Å². The Morgan fingerprint density at radius 2 is 2.00 bits per heavy atom. The number of methoxy groups -OCH3 is 1. The number of aryl methyl sites for hydroxylation is 1. The normalized spacial score (nSPS) is 12.4. The van der Waals surface area contributed by atoms with Crippen LogP contribution in [0.25, 0.3) is 11.1 Å². The molecule has 0 radical (unpaired) electrons. The first kappa shape index (κ1) is 16.4. The van der Waals surface area contributed by atoms with E-state index in [1.807, 2.05) is 13.0 Å². The number of nitrogens with zero attached hydrogens (tertiary/aromatic N) is 3. The first-order valence-electron chi connectivity index (χ1n) is 8.17. The summed E-state index contributed by atoms with van der Waals surface area (Å²) in [4.78, 5) is 8.54. The fourth-order valence-electron chi connectivity index (χ4n) is 2.80. The number of fused-ring (bicyclic) bond motifs is 1. The third-order valence-corrected chi connectivity index (χ3v) is 4.05. The molecule has 0 aliphatic carbocycles. The summed E-state index contributed by atoms with van der Waals surface area (Å²) in [7, 11) is 1.74. The summed E-state index contributed by atoms with van der Waals surface area (Å²) in [5, 5.41) is 8.38. The molecule has 0 fully saturated rings. The predicted octanol–water partition coefficient (Wildman–Crippen LogP) is 3.90. The highest BCUT2D eigenvalue weighted by atomic mass is 16.5. The average molecular weight is 326 g/mol. The topological polar surface area (TPSA) is 73.1 Å². The van der Waals surface area contributed by atoms with Crippen molar-refractivity contribution in [2.24, 2.45) is 0 Å². The van der Waals surface area contributed by atoms with Gasteiger partial charge >= 0.3 is 0 Å². The Morgan fingerprint density at radius 1 is 1.17 bits per heavy atom. The second-order valence-corrected chi connectivity index (χ2v) is 5.77. The number of anilines is 1. The van der Waals surface area contributed by atoms with Crippen LogP contribution in [0, 0.1) is 6.92 Å². The molecule has 1 unspecified atom stereocenters. The van der Waals surface area contributed by atoms with E-state index in [9.17, 15) is 0 Å². The van der Waals surface area contributed by atoms with Gasteiger partial charge in [-0.15, -0.1) is 0 Å². The zero-order chi connectivity index (χ0) is 16.8. The molecule has 0 amide bonds. The molecular formula is C18H22N4O2. The van der Waals surface area contributed by atoms with Crippen molar-refractivity contribution in [1.29, 1.82) is 0 Å². The molecule has 6 nitrogen and oxygen atoms in total. The van der Waals surface area contributed by atoms with E-state index in [0.717, 1.165) is 42.8 Å². The van der Waals surface area contributed by atoms with Crippen molar-refractivity contribution in [3.05, 3.63) is 47.9 Å². The fourth-order valence-corrected chi connectivity index (χ4v) is 2.80. The Hall–Kier alpha value is -2.47. The molecule has 3 aromatic rings. The largest absolute Gasteiger partial charge is 0.385 e. The first-order valence-corrected chi connectivity index (χ1v) is 8.17. The zero-order valence-electron chi connectivity index (χ0n) is 14.0.